The molecule has 0 saturated carbocycles. The second-order valence-electron chi connectivity index (χ2n) is 3.16. The van der Waals surface area contributed by atoms with Crippen LogP contribution in [0.3, 0.4) is 0 Å². The molecule has 0 saturated heterocycles. The van der Waals surface area contributed by atoms with Gasteiger partial charge in [0.05, 0.1) is 17.8 Å². The van der Waals surface area contributed by atoms with E-state index in [4.69, 9.17) is 10.5 Å². The number of nitrogens with zero attached hydrogens (tertiary/aromatic N) is 1. The summed E-state index contributed by atoms with van der Waals surface area (Å²) in [6, 6.07) is 0. The van der Waals surface area contributed by atoms with Crippen LogP contribution in [0.1, 0.15) is 31.2 Å². The molecule has 2 N–H and O–H groups in total. The lowest BCUT2D eigenvalue weighted by atomic mass is 10.2. The molecule has 1 rings (SSSR count). The third-order valence-corrected chi connectivity index (χ3v) is 2.80. The van der Waals surface area contributed by atoms with Crippen LogP contribution in [0.15, 0.2) is 6.20 Å². The van der Waals surface area contributed by atoms with E-state index in [0.717, 1.165) is 16.5 Å². The fraction of sp³-hybridized carbons (Fsp3) is 0.667. The highest BCUT2D eigenvalue weighted by Gasteiger charge is 2.05. The smallest absolute Gasteiger partial charge is 0.194 e. The molecule has 0 aliphatic carbocycles. The molecule has 0 atom stereocenters. The minimum Gasteiger partial charge on any atom is -0.483 e. The van der Waals surface area contributed by atoms with Gasteiger partial charge in [-0.3, -0.25) is 0 Å². The van der Waals surface area contributed by atoms with Crippen molar-refractivity contribution in [2.24, 2.45) is 5.73 Å². The summed E-state index contributed by atoms with van der Waals surface area (Å²) in [6.07, 6.45) is 2.69. The van der Waals surface area contributed by atoms with Crippen molar-refractivity contribution in [1.82, 2.24) is 4.98 Å². The lowest BCUT2D eigenvalue weighted by molar-refractivity contribution is 0.322. The Morgan fingerprint density at radius 2 is 2.38 bits per heavy atom. The van der Waals surface area contributed by atoms with Crippen LogP contribution in [0, 0.1) is 0 Å². The molecule has 74 valence electrons. The summed E-state index contributed by atoms with van der Waals surface area (Å²) in [5, 5.41) is 2.03. The van der Waals surface area contributed by atoms with Crippen molar-refractivity contribution in [2.75, 3.05) is 13.2 Å². The normalized spacial score (nSPS) is 10.8. The molecule has 0 radical (unpaired) electrons. The van der Waals surface area contributed by atoms with Gasteiger partial charge in [0.25, 0.3) is 0 Å². The highest BCUT2D eigenvalue weighted by atomic mass is 32.1. The molecule has 13 heavy (non-hydrogen) atoms. The van der Waals surface area contributed by atoms with Crippen molar-refractivity contribution in [3.8, 4) is 5.06 Å². The van der Waals surface area contributed by atoms with Gasteiger partial charge in [-0.2, -0.15) is 0 Å². The molecule has 0 aromatic carbocycles. The van der Waals surface area contributed by atoms with Crippen molar-refractivity contribution in [3.05, 3.63) is 11.2 Å². The topological polar surface area (TPSA) is 48.1 Å². The van der Waals surface area contributed by atoms with Crippen molar-refractivity contribution >= 4 is 11.3 Å². The molecule has 0 aliphatic rings. The van der Waals surface area contributed by atoms with Crippen LogP contribution >= 0.6 is 11.3 Å². The van der Waals surface area contributed by atoms with Gasteiger partial charge in [0.15, 0.2) is 5.06 Å². The monoisotopic (exact) mass is 200 g/mol. The lowest BCUT2D eigenvalue weighted by Gasteiger charge is -2.00. The van der Waals surface area contributed by atoms with Crippen molar-refractivity contribution in [3.63, 3.8) is 0 Å². The van der Waals surface area contributed by atoms with E-state index >= 15 is 0 Å². The van der Waals surface area contributed by atoms with E-state index in [1.165, 1.54) is 0 Å². The number of nitrogens with two attached hydrogens (primary N) is 1. The Bertz CT molecular complexity index is 248. The SMILES string of the molecule is CC(C)c1ncc(OCCCN)s1. The highest BCUT2D eigenvalue weighted by molar-refractivity contribution is 7.13. The fourth-order valence-electron chi connectivity index (χ4n) is 0.862. The van der Waals surface area contributed by atoms with Gasteiger partial charge in [-0.25, -0.2) is 4.98 Å². The van der Waals surface area contributed by atoms with E-state index in [1.54, 1.807) is 17.5 Å². The van der Waals surface area contributed by atoms with Gasteiger partial charge in [-0.1, -0.05) is 25.2 Å². The van der Waals surface area contributed by atoms with Crippen molar-refractivity contribution in [2.45, 2.75) is 26.2 Å². The van der Waals surface area contributed by atoms with Crippen LogP contribution in [0.2, 0.25) is 0 Å². The minimum atomic E-state index is 0.483. The van der Waals surface area contributed by atoms with E-state index in [-0.39, 0.29) is 0 Å². The molecule has 1 aromatic heterocycles. The van der Waals surface area contributed by atoms with Crippen LogP contribution < -0.4 is 10.5 Å². The van der Waals surface area contributed by atoms with Crippen LogP contribution in [-0.2, 0) is 0 Å². The molecule has 0 fully saturated rings. The summed E-state index contributed by atoms with van der Waals surface area (Å²) in [4.78, 5) is 4.26. The summed E-state index contributed by atoms with van der Waals surface area (Å²) in [5.41, 5.74) is 5.35. The minimum absolute atomic E-state index is 0.483. The Labute approximate surface area is 82.9 Å². The number of ether oxygens (including phenoxy) is 1. The van der Waals surface area contributed by atoms with Gasteiger partial charge < -0.3 is 10.5 Å². The maximum absolute atomic E-state index is 5.45. The first-order chi connectivity index (χ1) is 6.24. The molecule has 0 amide bonds. The first-order valence-corrected chi connectivity index (χ1v) is 5.34. The maximum Gasteiger partial charge on any atom is 0.194 e. The quantitative estimate of drug-likeness (QED) is 0.739. The van der Waals surface area contributed by atoms with Gasteiger partial charge in [0.1, 0.15) is 0 Å². The number of aromatic nitrogens is 1. The second kappa shape index (κ2) is 5.19. The molecule has 0 unspecified atom stereocenters. The maximum atomic E-state index is 5.45. The number of hydrogen-bond donors (Lipinski definition) is 1. The van der Waals surface area contributed by atoms with E-state index in [9.17, 15) is 0 Å². The predicted molar refractivity (Wildman–Crippen MR) is 55.4 cm³/mol. The van der Waals surface area contributed by atoms with Crippen LogP contribution in [0.25, 0.3) is 0 Å². The summed E-state index contributed by atoms with van der Waals surface area (Å²) < 4.78 is 5.45. The third-order valence-electron chi connectivity index (χ3n) is 1.59. The Morgan fingerprint density at radius 3 is 2.92 bits per heavy atom. The Balaban J connectivity index is 2.40. The lowest BCUT2D eigenvalue weighted by Crippen LogP contribution is -2.05. The number of thiazole rings is 1. The Morgan fingerprint density at radius 1 is 1.62 bits per heavy atom. The standard InChI is InChI=1S/C9H16N2OS/c1-7(2)9-11-6-8(13-9)12-5-3-4-10/h6-7H,3-5,10H2,1-2H3. The van der Waals surface area contributed by atoms with Crippen LogP contribution in [0.5, 0.6) is 5.06 Å². The van der Waals surface area contributed by atoms with E-state index in [0.29, 0.717) is 19.1 Å². The summed E-state index contributed by atoms with van der Waals surface area (Å²) >= 11 is 1.62. The number of hydrogen-bond acceptors (Lipinski definition) is 4. The number of rotatable bonds is 5. The highest BCUT2D eigenvalue weighted by Crippen LogP contribution is 2.26. The summed E-state index contributed by atoms with van der Waals surface area (Å²) in [7, 11) is 0. The average Bonchev–Trinajstić information content (AvgIpc) is 2.53. The molecule has 1 aromatic rings. The van der Waals surface area contributed by atoms with Crippen LogP contribution in [0.4, 0.5) is 0 Å². The first kappa shape index (κ1) is 10.5. The summed E-state index contributed by atoms with van der Waals surface area (Å²) in [6.45, 7) is 5.62. The Hall–Kier alpha value is -0.610. The molecule has 4 heteroatoms. The summed E-state index contributed by atoms with van der Waals surface area (Å²) in [5.74, 6) is 0.483. The van der Waals surface area contributed by atoms with Gasteiger partial charge in [-0.15, -0.1) is 0 Å². The Kier molecular flexibility index (Phi) is 4.18. The van der Waals surface area contributed by atoms with Crippen LogP contribution in [-0.4, -0.2) is 18.1 Å². The van der Waals surface area contributed by atoms with Gasteiger partial charge in [-0.05, 0) is 13.0 Å². The van der Waals surface area contributed by atoms with Crippen molar-refractivity contribution < 1.29 is 4.74 Å². The molecule has 0 aliphatic heterocycles. The van der Waals surface area contributed by atoms with Crippen molar-refractivity contribution in [1.29, 1.82) is 0 Å². The van der Waals surface area contributed by atoms with Gasteiger partial charge in [0.2, 0.25) is 0 Å². The zero-order valence-electron chi connectivity index (χ0n) is 8.12. The third kappa shape index (κ3) is 3.32. The van der Waals surface area contributed by atoms with E-state index < -0.39 is 0 Å². The van der Waals surface area contributed by atoms with Gasteiger partial charge >= 0.3 is 0 Å². The van der Waals surface area contributed by atoms with E-state index in [1.807, 2.05) is 0 Å². The molecular weight excluding hydrogens is 184 g/mol. The molecule has 1 heterocycles. The fourth-order valence-corrected chi connectivity index (χ4v) is 1.66. The largest absolute Gasteiger partial charge is 0.483 e. The average molecular weight is 200 g/mol. The predicted octanol–water partition coefficient (Wildman–Crippen LogP) is 1.99. The zero-order valence-corrected chi connectivity index (χ0v) is 8.93. The molecule has 0 spiro atoms. The molecule has 3 nitrogen and oxygen atoms in total. The first-order valence-electron chi connectivity index (χ1n) is 4.52. The molecular formula is C9H16N2OS. The van der Waals surface area contributed by atoms with Gasteiger partial charge in [0, 0.05) is 5.92 Å². The zero-order chi connectivity index (χ0) is 9.68. The van der Waals surface area contributed by atoms with E-state index in [2.05, 4.69) is 18.8 Å². The molecule has 0 bridgehead atoms. The second-order valence-corrected chi connectivity index (χ2v) is 4.19.